The average molecular weight is 201 g/mol. The van der Waals surface area contributed by atoms with Crippen LogP contribution in [0.5, 0.6) is 0 Å². The second kappa shape index (κ2) is 5.32. The van der Waals surface area contributed by atoms with Crippen molar-refractivity contribution in [2.75, 3.05) is 19.7 Å². The maximum Gasteiger partial charge on any atom is 0.320 e. The van der Waals surface area contributed by atoms with Gasteiger partial charge in [0.05, 0.1) is 12.7 Å². The van der Waals surface area contributed by atoms with E-state index >= 15 is 0 Å². The third-order valence-corrected chi connectivity index (χ3v) is 2.74. The number of carbonyl (C=O) groups is 1. The number of rotatable bonds is 4. The molecule has 0 saturated carbocycles. The predicted molar refractivity (Wildman–Crippen MR) is 53.3 cm³/mol. The van der Waals surface area contributed by atoms with Gasteiger partial charge in [0.2, 0.25) is 0 Å². The van der Waals surface area contributed by atoms with Gasteiger partial charge in [0, 0.05) is 13.1 Å². The van der Waals surface area contributed by atoms with Gasteiger partial charge in [-0.15, -0.1) is 0 Å². The molecule has 1 aliphatic heterocycles. The first-order chi connectivity index (χ1) is 6.69. The minimum Gasteiger partial charge on any atom is -0.480 e. The molecule has 14 heavy (non-hydrogen) atoms. The van der Waals surface area contributed by atoms with Gasteiger partial charge >= 0.3 is 5.97 Å². The van der Waals surface area contributed by atoms with Crippen LogP contribution in [0.15, 0.2) is 0 Å². The van der Waals surface area contributed by atoms with E-state index in [1.165, 1.54) is 0 Å². The smallest absolute Gasteiger partial charge is 0.320 e. The van der Waals surface area contributed by atoms with Gasteiger partial charge in [0.15, 0.2) is 0 Å². The molecule has 4 heteroatoms. The van der Waals surface area contributed by atoms with Crippen LogP contribution in [0.1, 0.15) is 26.7 Å². The van der Waals surface area contributed by atoms with Crippen molar-refractivity contribution in [1.29, 1.82) is 0 Å². The van der Waals surface area contributed by atoms with Crippen LogP contribution in [0, 0.1) is 0 Å². The van der Waals surface area contributed by atoms with E-state index in [1.807, 2.05) is 11.8 Å². The van der Waals surface area contributed by atoms with Crippen LogP contribution in [0.2, 0.25) is 0 Å². The van der Waals surface area contributed by atoms with Crippen molar-refractivity contribution in [3.63, 3.8) is 0 Å². The van der Waals surface area contributed by atoms with Gasteiger partial charge in [0.25, 0.3) is 0 Å². The lowest BCUT2D eigenvalue weighted by molar-refractivity contribution is -0.146. The first kappa shape index (κ1) is 11.5. The summed E-state index contributed by atoms with van der Waals surface area (Å²) in [5, 5.41) is 9.00. The summed E-state index contributed by atoms with van der Waals surface area (Å²) in [5.74, 6) is -0.718. The Morgan fingerprint density at radius 2 is 2.36 bits per heavy atom. The lowest BCUT2D eigenvalue weighted by Crippen LogP contribution is -2.50. The van der Waals surface area contributed by atoms with E-state index in [9.17, 15) is 4.79 Å². The monoisotopic (exact) mass is 201 g/mol. The van der Waals surface area contributed by atoms with E-state index in [-0.39, 0.29) is 12.1 Å². The fourth-order valence-electron chi connectivity index (χ4n) is 1.86. The summed E-state index contributed by atoms with van der Waals surface area (Å²) in [6, 6.07) is -0.340. The fourth-order valence-corrected chi connectivity index (χ4v) is 1.86. The maximum absolute atomic E-state index is 10.9. The Labute approximate surface area is 84.8 Å². The molecule has 0 unspecified atom stereocenters. The molecule has 1 rings (SSSR count). The van der Waals surface area contributed by atoms with Crippen LogP contribution in [-0.2, 0) is 9.53 Å². The highest BCUT2D eigenvalue weighted by Crippen LogP contribution is 2.13. The normalized spacial score (nSPS) is 26.0. The molecule has 0 amide bonds. The molecule has 0 aromatic carbocycles. The van der Waals surface area contributed by atoms with Gasteiger partial charge < -0.3 is 9.84 Å². The number of aliphatic carboxylic acids is 1. The summed E-state index contributed by atoms with van der Waals surface area (Å²) < 4.78 is 5.50. The Bertz CT molecular complexity index is 196. The molecule has 0 bridgehead atoms. The highest BCUT2D eigenvalue weighted by atomic mass is 16.5. The Kier molecular flexibility index (Phi) is 4.35. The summed E-state index contributed by atoms with van der Waals surface area (Å²) in [7, 11) is 0. The summed E-state index contributed by atoms with van der Waals surface area (Å²) >= 11 is 0. The van der Waals surface area contributed by atoms with Crippen LogP contribution in [0.25, 0.3) is 0 Å². The zero-order valence-electron chi connectivity index (χ0n) is 8.90. The van der Waals surface area contributed by atoms with E-state index in [2.05, 4.69) is 6.92 Å². The lowest BCUT2D eigenvalue weighted by Gasteiger charge is -2.35. The highest BCUT2D eigenvalue weighted by molar-refractivity contribution is 5.73. The Morgan fingerprint density at radius 3 is 2.86 bits per heavy atom. The van der Waals surface area contributed by atoms with Crippen molar-refractivity contribution < 1.29 is 14.6 Å². The molecule has 1 N–H and O–H groups in total. The molecule has 82 valence electrons. The quantitative estimate of drug-likeness (QED) is 0.736. The van der Waals surface area contributed by atoms with E-state index in [0.29, 0.717) is 13.0 Å². The van der Waals surface area contributed by atoms with E-state index in [1.54, 1.807) is 0 Å². The van der Waals surface area contributed by atoms with Crippen molar-refractivity contribution in [1.82, 2.24) is 4.90 Å². The summed E-state index contributed by atoms with van der Waals surface area (Å²) in [6.07, 6.45) is 1.82. The minimum absolute atomic E-state index is 0.206. The van der Waals surface area contributed by atoms with Crippen LogP contribution in [0.3, 0.4) is 0 Å². The molecule has 0 aromatic rings. The predicted octanol–water partition coefficient (Wildman–Crippen LogP) is 0.960. The molecule has 1 fully saturated rings. The molecule has 0 spiro atoms. The second-order valence-electron chi connectivity index (χ2n) is 3.66. The minimum atomic E-state index is -0.718. The van der Waals surface area contributed by atoms with Gasteiger partial charge in [-0.2, -0.15) is 0 Å². The summed E-state index contributed by atoms with van der Waals surface area (Å²) in [5.41, 5.74) is 0. The van der Waals surface area contributed by atoms with Crippen molar-refractivity contribution >= 4 is 5.97 Å². The fraction of sp³-hybridized carbons (Fsp3) is 0.900. The van der Waals surface area contributed by atoms with Gasteiger partial charge in [-0.1, -0.05) is 13.8 Å². The van der Waals surface area contributed by atoms with Crippen molar-refractivity contribution in [3.8, 4) is 0 Å². The molecule has 4 nitrogen and oxygen atoms in total. The van der Waals surface area contributed by atoms with Crippen molar-refractivity contribution in [3.05, 3.63) is 0 Å². The highest BCUT2D eigenvalue weighted by Gasteiger charge is 2.28. The average Bonchev–Trinajstić information content (AvgIpc) is 2.19. The number of nitrogens with zero attached hydrogens (tertiary/aromatic N) is 1. The largest absolute Gasteiger partial charge is 0.480 e. The van der Waals surface area contributed by atoms with Crippen molar-refractivity contribution in [2.45, 2.75) is 38.8 Å². The van der Waals surface area contributed by atoms with Crippen LogP contribution in [0.4, 0.5) is 0 Å². The van der Waals surface area contributed by atoms with Crippen LogP contribution >= 0.6 is 0 Å². The van der Waals surface area contributed by atoms with Gasteiger partial charge in [-0.05, 0) is 12.8 Å². The number of carboxylic acid groups (broad SMARTS) is 1. The first-order valence-electron chi connectivity index (χ1n) is 5.27. The molecular formula is C10H19NO3. The summed E-state index contributed by atoms with van der Waals surface area (Å²) in [4.78, 5) is 13.0. The van der Waals surface area contributed by atoms with Gasteiger partial charge in [-0.3, -0.25) is 9.69 Å². The third kappa shape index (κ3) is 2.69. The Morgan fingerprint density at radius 1 is 1.64 bits per heavy atom. The zero-order chi connectivity index (χ0) is 10.6. The molecule has 0 aliphatic carbocycles. The van der Waals surface area contributed by atoms with Gasteiger partial charge in [0.1, 0.15) is 6.04 Å². The molecule has 0 aromatic heterocycles. The zero-order valence-corrected chi connectivity index (χ0v) is 8.90. The molecule has 1 saturated heterocycles. The van der Waals surface area contributed by atoms with Crippen LogP contribution in [-0.4, -0.2) is 47.8 Å². The standard InChI is InChI=1S/C10H19NO3/c1-3-8-7-11(5-6-14-8)9(4-2)10(12)13/h8-9H,3-7H2,1-2H3,(H,12,13)/t8-,9-/m0/s1. The maximum atomic E-state index is 10.9. The topological polar surface area (TPSA) is 49.8 Å². The molecule has 0 radical (unpaired) electrons. The van der Waals surface area contributed by atoms with E-state index in [0.717, 1.165) is 19.5 Å². The van der Waals surface area contributed by atoms with E-state index in [4.69, 9.17) is 9.84 Å². The lowest BCUT2D eigenvalue weighted by atomic mass is 10.1. The van der Waals surface area contributed by atoms with E-state index < -0.39 is 5.97 Å². The number of morpholine rings is 1. The summed E-state index contributed by atoms with van der Waals surface area (Å²) in [6.45, 7) is 6.12. The molecule has 2 atom stereocenters. The van der Waals surface area contributed by atoms with Gasteiger partial charge in [-0.25, -0.2) is 0 Å². The number of hydrogen-bond donors (Lipinski definition) is 1. The van der Waals surface area contributed by atoms with Crippen LogP contribution < -0.4 is 0 Å². The Hall–Kier alpha value is -0.610. The Balaban J connectivity index is 2.53. The molecule has 1 heterocycles. The first-order valence-corrected chi connectivity index (χ1v) is 5.27. The number of hydrogen-bond acceptors (Lipinski definition) is 3. The third-order valence-electron chi connectivity index (χ3n) is 2.74. The second-order valence-corrected chi connectivity index (χ2v) is 3.66. The number of carboxylic acids is 1. The molecular weight excluding hydrogens is 182 g/mol. The SMILES string of the molecule is CC[C@H]1CN([C@@H](CC)C(=O)O)CCO1. The van der Waals surface area contributed by atoms with Crippen molar-refractivity contribution in [2.24, 2.45) is 0 Å². The number of ether oxygens (including phenoxy) is 1. The molecule has 1 aliphatic rings.